The van der Waals surface area contributed by atoms with E-state index in [1.54, 1.807) is 0 Å². The molecule has 0 bridgehead atoms. The average molecular weight is 311 g/mol. The van der Waals surface area contributed by atoms with E-state index in [4.69, 9.17) is 11.6 Å². The number of nitrogens with zero attached hydrogens (tertiary/aromatic N) is 2. The zero-order valence-corrected chi connectivity index (χ0v) is 13.9. The van der Waals surface area contributed by atoms with Gasteiger partial charge < -0.3 is 4.90 Å². The molecule has 0 fully saturated rings. The average Bonchev–Trinajstić information content (AvgIpc) is 2.53. The summed E-state index contributed by atoms with van der Waals surface area (Å²) in [6.07, 6.45) is 2.96. The number of pyridine rings is 1. The Hall–Kier alpha value is -2.06. The summed E-state index contributed by atoms with van der Waals surface area (Å²) in [5, 5.41) is 3.13. The maximum atomic E-state index is 6.15. The van der Waals surface area contributed by atoms with Crippen LogP contribution in [0.25, 0.3) is 21.9 Å². The van der Waals surface area contributed by atoms with Crippen molar-refractivity contribution in [2.24, 2.45) is 0 Å². The molecule has 1 heterocycles. The number of hydrogen-bond donors (Lipinski definition) is 0. The summed E-state index contributed by atoms with van der Waals surface area (Å²) in [6, 6.07) is 14.6. The number of halogens is 1. The highest BCUT2D eigenvalue weighted by molar-refractivity contribution is 6.30. The Morgan fingerprint density at radius 2 is 1.86 bits per heavy atom. The first kappa shape index (κ1) is 14.9. The molecule has 3 aromatic rings. The summed E-state index contributed by atoms with van der Waals surface area (Å²) >= 11 is 6.15. The van der Waals surface area contributed by atoms with Gasteiger partial charge in [0.25, 0.3) is 0 Å². The lowest BCUT2D eigenvalue weighted by molar-refractivity contribution is 1.08. The third-order valence-electron chi connectivity index (χ3n) is 3.90. The summed E-state index contributed by atoms with van der Waals surface area (Å²) in [4.78, 5) is 6.73. The number of hydrogen-bond acceptors (Lipinski definition) is 2. The van der Waals surface area contributed by atoms with Gasteiger partial charge in [-0.3, -0.25) is 0 Å². The molecule has 0 radical (unpaired) electrons. The molecule has 112 valence electrons. The summed E-state index contributed by atoms with van der Waals surface area (Å²) in [6.45, 7) is 2.17. The predicted molar refractivity (Wildman–Crippen MR) is 95.9 cm³/mol. The Bertz CT molecular complexity index is 825. The van der Waals surface area contributed by atoms with E-state index in [2.05, 4.69) is 41.1 Å². The maximum Gasteiger partial charge on any atom is 0.135 e. The number of aryl methyl sites for hydroxylation is 1. The fourth-order valence-electron chi connectivity index (χ4n) is 2.74. The fourth-order valence-corrected chi connectivity index (χ4v) is 2.93. The van der Waals surface area contributed by atoms with Crippen LogP contribution in [0.2, 0.25) is 5.02 Å². The van der Waals surface area contributed by atoms with Crippen molar-refractivity contribution in [3.8, 4) is 11.1 Å². The minimum atomic E-state index is 0.743. The largest absolute Gasteiger partial charge is 0.362 e. The first-order chi connectivity index (χ1) is 10.6. The van der Waals surface area contributed by atoms with Crippen LogP contribution in [0, 0.1) is 0 Å². The smallest absolute Gasteiger partial charge is 0.135 e. The van der Waals surface area contributed by atoms with E-state index < -0.39 is 0 Å². The van der Waals surface area contributed by atoms with Crippen LogP contribution in [0.5, 0.6) is 0 Å². The van der Waals surface area contributed by atoms with Crippen molar-refractivity contribution < 1.29 is 0 Å². The highest BCUT2D eigenvalue weighted by Gasteiger charge is 2.11. The molecule has 0 aliphatic rings. The quantitative estimate of drug-likeness (QED) is 0.662. The zero-order valence-electron chi connectivity index (χ0n) is 13.1. The van der Waals surface area contributed by atoms with Crippen LogP contribution in [-0.4, -0.2) is 19.1 Å². The molecule has 1 aromatic heterocycles. The summed E-state index contributed by atoms with van der Waals surface area (Å²) in [5.41, 5.74) is 3.53. The molecule has 2 nitrogen and oxygen atoms in total. The van der Waals surface area contributed by atoms with Crippen molar-refractivity contribution in [2.45, 2.75) is 13.3 Å². The minimum absolute atomic E-state index is 0.743. The summed E-state index contributed by atoms with van der Waals surface area (Å²) in [7, 11) is 4.05. The van der Waals surface area contributed by atoms with Crippen LogP contribution in [0.1, 0.15) is 12.5 Å². The number of anilines is 1. The third-order valence-corrected chi connectivity index (χ3v) is 4.13. The minimum Gasteiger partial charge on any atom is -0.362 e. The van der Waals surface area contributed by atoms with Gasteiger partial charge in [-0.1, -0.05) is 42.8 Å². The lowest BCUT2D eigenvalue weighted by atomic mass is 9.98. The van der Waals surface area contributed by atoms with Gasteiger partial charge in [0.2, 0.25) is 0 Å². The lowest BCUT2D eigenvalue weighted by Gasteiger charge is -2.17. The molecule has 0 amide bonds. The molecule has 3 heteroatoms. The van der Waals surface area contributed by atoms with E-state index in [0.29, 0.717) is 0 Å². The van der Waals surface area contributed by atoms with Gasteiger partial charge in [-0.2, -0.15) is 0 Å². The molecule has 2 aromatic carbocycles. The zero-order chi connectivity index (χ0) is 15.7. The summed E-state index contributed by atoms with van der Waals surface area (Å²) < 4.78 is 0. The van der Waals surface area contributed by atoms with E-state index in [0.717, 1.165) is 28.4 Å². The first-order valence-electron chi connectivity index (χ1n) is 7.45. The van der Waals surface area contributed by atoms with Gasteiger partial charge in [0.1, 0.15) is 5.82 Å². The Morgan fingerprint density at radius 1 is 1.05 bits per heavy atom. The molecule has 0 saturated carbocycles. The number of benzene rings is 2. The van der Waals surface area contributed by atoms with E-state index >= 15 is 0 Å². The van der Waals surface area contributed by atoms with Gasteiger partial charge >= 0.3 is 0 Å². The standard InChI is InChI=1S/C19H19ClN2/c1-4-13-8-9-16-17(10-13)19(22(2)3)21-12-18(16)14-6-5-7-15(20)11-14/h5-12H,4H2,1-3H3. The van der Waals surface area contributed by atoms with Crippen molar-refractivity contribution in [1.29, 1.82) is 0 Å². The fraction of sp³-hybridized carbons (Fsp3) is 0.211. The van der Waals surface area contributed by atoms with Crippen LogP contribution in [0.4, 0.5) is 5.82 Å². The second-order valence-corrected chi connectivity index (χ2v) is 6.07. The third kappa shape index (κ3) is 2.67. The van der Waals surface area contributed by atoms with E-state index in [1.807, 2.05) is 38.5 Å². The van der Waals surface area contributed by atoms with Gasteiger partial charge in [0.05, 0.1) is 0 Å². The molecule has 0 atom stereocenters. The molecule has 0 aliphatic carbocycles. The SMILES string of the molecule is CCc1ccc2c(-c3cccc(Cl)c3)cnc(N(C)C)c2c1. The van der Waals surface area contributed by atoms with Gasteiger partial charge in [-0.05, 0) is 41.1 Å². The maximum absolute atomic E-state index is 6.15. The first-order valence-corrected chi connectivity index (χ1v) is 7.83. The second kappa shape index (κ2) is 5.98. The molecule has 0 N–H and O–H groups in total. The molecular formula is C19H19ClN2. The van der Waals surface area contributed by atoms with Crippen molar-refractivity contribution in [3.63, 3.8) is 0 Å². The van der Waals surface area contributed by atoms with Gasteiger partial charge in [-0.15, -0.1) is 0 Å². The van der Waals surface area contributed by atoms with Crippen LogP contribution in [0.3, 0.4) is 0 Å². The van der Waals surface area contributed by atoms with Crippen LogP contribution in [0.15, 0.2) is 48.7 Å². The highest BCUT2D eigenvalue weighted by atomic mass is 35.5. The van der Waals surface area contributed by atoms with Crippen LogP contribution in [-0.2, 0) is 6.42 Å². The number of aromatic nitrogens is 1. The summed E-state index contributed by atoms with van der Waals surface area (Å²) in [5.74, 6) is 0.996. The van der Waals surface area contributed by atoms with E-state index in [9.17, 15) is 0 Å². The van der Waals surface area contributed by atoms with E-state index in [-0.39, 0.29) is 0 Å². The van der Waals surface area contributed by atoms with E-state index in [1.165, 1.54) is 16.3 Å². The van der Waals surface area contributed by atoms with Gasteiger partial charge in [0.15, 0.2) is 0 Å². The monoisotopic (exact) mass is 310 g/mol. The van der Waals surface area contributed by atoms with Crippen molar-refractivity contribution in [1.82, 2.24) is 4.98 Å². The molecule has 3 rings (SSSR count). The Labute approximate surface area is 136 Å². The number of fused-ring (bicyclic) bond motifs is 1. The second-order valence-electron chi connectivity index (χ2n) is 5.63. The molecule has 0 spiro atoms. The highest BCUT2D eigenvalue weighted by Crippen LogP contribution is 2.34. The normalized spacial score (nSPS) is 10.9. The Kier molecular flexibility index (Phi) is 4.04. The van der Waals surface area contributed by atoms with Gasteiger partial charge in [0, 0.05) is 36.3 Å². The molecule has 0 unspecified atom stereocenters. The van der Waals surface area contributed by atoms with Gasteiger partial charge in [-0.25, -0.2) is 4.98 Å². The van der Waals surface area contributed by atoms with Crippen LogP contribution < -0.4 is 4.90 Å². The molecule has 22 heavy (non-hydrogen) atoms. The molecule has 0 aliphatic heterocycles. The topological polar surface area (TPSA) is 16.1 Å². The number of rotatable bonds is 3. The van der Waals surface area contributed by atoms with Crippen LogP contribution >= 0.6 is 11.6 Å². The Balaban J connectivity index is 2.31. The molecule has 0 saturated heterocycles. The van der Waals surface area contributed by atoms with Crippen molar-refractivity contribution in [3.05, 3.63) is 59.2 Å². The van der Waals surface area contributed by atoms with Crippen molar-refractivity contribution >= 4 is 28.2 Å². The predicted octanol–water partition coefficient (Wildman–Crippen LogP) is 5.18. The van der Waals surface area contributed by atoms with Crippen molar-refractivity contribution in [2.75, 3.05) is 19.0 Å². The Morgan fingerprint density at radius 3 is 2.55 bits per heavy atom. The lowest BCUT2D eigenvalue weighted by Crippen LogP contribution is -2.11. The molecular weight excluding hydrogens is 292 g/mol.